The average molecular weight is 381 g/mol. The Morgan fingerprint density at radius 2 is 1.88 bits per heavy atom. The Bertz CT molecular complexity index is 620. The van der Waals surface area contributed by atoms with Crippen molar-refractivity contribution >= 4 is 18.3 Å². The Balaban J connectivity index is 0.00000168. The van der Waals surface area contributed by atoms with Crippen LogP contribution in [0.25, 0.3) is 0 Å². The smallest absolute Gasteiger partial charge is 0.237 e. The molecule has 26 heavy (non-hydrogen) atoms. The summed E-state index contributed by atoms with van der Waals surface area (Å²) < 4.78 is 5.53. The Hall–Kier alpha value is -1.14. The monoisotopic (exact) mass is 380 g/mol. The van der Waals surface area contributed by atoms with Crippen LogP contribution in [0.5, 0.6) is 0 Å². The van der Waals surface area contributed by atoms with E-state index in [0.29, 0.717) is 18.9 Å². The van der Waals surface area contributed by atoms with Gasteiger partial charge in [0.1, 0.15) is 0 Å². The van der Waals surface area contributed by atoms with Gasteiger partial charge in [0.25, 0.3) is 0 Å². The third-order valence-corrected chi connectivity index (χ3v) is 7.00. The Labute approximate surface area is 160 Å². The van der Waals surface area contributed by atoms with Crippen molar-refractivity contribution in [2.45, 2.75) is 69.2 Å². The molecule has 1 saturated heterocycles. The maximum Gasteiger partial charge on any atom is 0.237 e. The number of carbonyl (C=O) groups excluding carboxylic acids is 1. The highest BCUT2D eigenvalue weighted by Crippen LogP contribution is 2.60. The first-order valence-corrected chi connectivity index (χ1v) is 10.0. The van der Waals surface area contributed by atoms with E-state index in [0.717, 1.165) is 43.0 Å². The van der Waals surface area contributed by atoms with Gasteiger partial charge >= 0.3 is 0 Å². The third kappa shape index (κ3) is 3.26. The van der Waals surface area contributed by atoms with Crippen LogP contribution in [0.3, 0.4) is 0 Å². The summed E-state index contributed by atoms with van der Waals surface area (Å²) in [5, 5.41) is 10.6. The molecule has 0 aromatic carbocycles. The lowest BCUT2D eigenvalue weighted by molar-refractivity contribution is -0.122. The fourth-order valence-corrected chi connectivity index (χ4v) is 6.28. The summed E-state index contributed by atoms with van der Waals surface area (Å²) in [4.78, 5) is 16.8. The average Bonchev–Trinajstić information content (AvgIpc) is 3.26. The number of hydrogen-bond donors (Lipinski definition) is 2. The van der Waals surface area contributed by atoms with E-state index in [1.54, 1.807) is 0 Å². The van der Waals surface area contributed by atoms with Crippen LogP contribution in [0, 0.1) is 17.8 Å². The van der Waals surface area contributed by atoms with Gasteiger partial charge in [0, 0.05) is 18.4 Å². The molecule has 4 saturated carbocycles. The molecule has 1 amide bonds. The number of rotatable bonds is 5. The molecule has 4 bridgehead atoms. The molecule has 1 unspecified atom stereocenters. The quantitative estimate of drug-likeness (QED) is 0.819. The Morgan fingerprint density at radius 1 is 1.19 bits per heavy atom. The minimum absolute atomic E-state index is 0. The van der Waals surface area contributed by atoms with Crippen molar-refractivity contribution in [2.75, 3.05) is 13.1 Å². The Morgan fingerprint density at radius 3 is 2.50 bits per heavy atom. The second kappa shape index (κ2) is 7.12. The molecule has 144 valence electrons. The van der Waals surface area contributed by atoms with Crippen molar-refractivity contribution in [3.63, 3.8) is 0 Å². The van der Waals surface area contributed by atoms with Crippen LogP contribution in [-0.4, -0.2) is 35.2 Å². The summed E-state index contributed by atoms with van der Waals surface area (Å²) in [7, 11) is 0. The van der Waals surface area contributed by atoms with Crippen LogP contribution in [0.2, 0.25) is 0 Å². The molecule has 1 atom stereocenters. The van der Waals surface area contributed by atoms with E-state index < -0.39 is 0 Å². The zero-order chi connectivity index (χ0) is 16.9. The van der Waals surface area contributed by atoms with Gasteiger partial charge in [-0.05, 0) is 75.7 Å². The molecule has 2 heterocycles. The predicted molar refractivity (Wildman–Crippen MR) is 99.1 cm³/mol. The van der Waals surface area contributed by atoms with Crippen LogP contribution in [-0.2, 0) is 16.6 Å². The molecule has 6 rings (SSSR count). The Kier molecular flexibility index (Phi) is 4.99. The highest BCUT2D eigenvalue weighted by atomic mass is 35.5. The van der Waals surface area contributed by atoms with Crippen molar-refractivity contribution in [2.24, 2.45) is 17.8 Å². The summed E-state index contributed by atoms with van der Waals surface area (Å²) >= 11 is 0. The molecular weight excluding hydrogens is 352 g/mol. The summed E-state index contributed by atoms with van der Waals surface area (Å²) in [6, 6.07) is -0.0229. The lowest BCUT2D eigenvalue weighted by atomic mass is 9.49. The van der Waals surface area contributed by atoms with Crippen LogP contribution in [0.4, 0.5) is 0 Å². The van der Waals surface area contributed by atoms with Gasteiger partial charge in [-0.1, -0.05) is 5.16 Å². The normalized spacial score (nSPS) is 37.5. The second-order valence-corrected chi connectivity index (χ2v) is 8.90. The molecule has 7 heteroatoms. The first-order valence-electron chi connectivity index (χ1n) is 10.0. The summed E-state index contributed by atoms with van der Waals surface area (Å²) in [5.74, 6) is 4.36. The van der Waals surface area contributed by atoms with Crippen molar-refractivity contribution in [3.8, 4) is 0 Å². The van der Waals surface area contributed by atoms with Gasteiger partial charge in [0.15, 0.2) is 5.82 Å². The standard InChI is InChI=1S/C19H28N4O2.ClH/c24-17(15-2-1-4-20-15)21-5-3-16-22-18(23-25-16)19-9-12-6-13(10-19)8-14(7-12)11-19;/h12-15,20H,1-11H2,(H,21,24);1H. The number of hydrogen-bond acceptors (Lipinski definition) is 5. The molecule has 5 fully saturated rings. The van der Waals surface area contributed by atoms with Crippen LogP contribution in [0.1, 0.15) is 63.1 Å². The largest absolute Gasteiger partial charge is 0.354 e. The van der Waals surface area contributed by atoms with E-state index in [1.165, 1.54) is 38.5 Å². The second-order valence-electron chi connectivity index (χ2n) is 8.90. The predicted octanol–water partition coefficient (Wildman–Crippen LogP) is 2.37. The molecule has 5 aliphatic rings. The molecule has 0 radical (unpaired) electrons. The number of halogens is 1. The topological polar surface area (TPSA) is 80.1 Å². The number of amides is 1. The highest BCUT2D eigenvalue weighted by Gasteiger charge is 2.53. The van der Waals surface area contributed by atoms with Crippen molar-refractivity contribution in [3.05, 3.63) is 11.7 Å². The number of aromatic nitrogens is 2. The summed E-state index contributed by atoms with van der Waals surface area (Å²) in [5.41, 5.74) is 0.188. The van der Waals surface area contributed by atoms with E-state index in [2.05, 4.69) is 15.8 Å². The molecule has 2 N–H and O–H groups in total. The maximum atomic E-state index is 12.0. The van der Waals surface area contributed by atoms with Crippen molar-refractivity contribution in [1.29, 1.82) is 0 Å². The van der Waals surface area contributed by atoms with E-state index in [9.17, 15) is 4.79 Å². The number of nitrogens with one attached hydrogen (secondary N) is 2. The molecule has 4 aliphatic carbocycles. The molecular formula is C19H29ClN4O2. The lowest BCUT2D eigenvalue weighted by Gasteiger charge is -2.55. The van der Waals surface area contributed by atoms with Crippen LogP contribution in [0.15, 0.2) is 4.52 Å². The van der Waals surface area contributed by atoms with Gasteiger partial charge < -0.3 is 15.2 Å². The number of carbonyl (C=O) groups is 1. The molecule has 1 aromatic heterocycles. The van der Waals surface area contributed by atoms with Crippen LogP contribution >= 0.6 is 12.4 Å². The summed E-state index contributed by atoms with van der Waals surface area (Å²) in [6.07, 6.45) is 10.7. The molecule has 0 spiro atoms. The fourth-order valence-electron chi connectivity index (χ4n) is 6.28. The molecule has 1 aliphatic heterocycles. The highest BCUT2D eigenvalue weighted by molar-refractivity contribution is 5.85. The van der Waals surface area contributed by atoms with Gasteiger partial charge in [0.2, 0.25) is 11.8 Å². The molecule has 6 nitrogen and oxygen atoms in total. The first kappa shape index (κ1) is 18.2. The van der Waals surface area contributed by atoms with E-state index >= 15 is 0 Å². The van der Waals surface area contributed by atoms with Gasteiger partial charge in [-0.3, -0.25) is 4.79 Å². The van der Waals surface area contributed by atoms with Gasteiger partial charge in [-0.2, -0.15) is 4.98 Å². The summed E-state index contributed by atoms with van der Waals surface area (Å²) in [6.45, 7) is 1.51. The minimum atomic E-state index is -0.0229. The zero-order valence-electron chi connectivity index (χ0n) is 15.2. The van der Waals surface area contributed by atoms with E-state index in [-0.39, 0.29) is 29.8 Å². The van der Waals surface area contributed by atoms with E-state index in [4.69, 9.17) is 9.51 Å². The number of nitrogens with zero attached hydrogens (tertiary/aromatic N) is 2. The SMILES string of the molecule is Cl.O=C(NCCc1nc(C23CC4CC(CC(C4)C2)C3)no1)C1CCCN1. The molecule has 1 aromatic rings. The first-order chi connectivity index (χ1) is 12.2. The van der Waals surface area contributed by atoms with Gasteiger partial charge in [0.05, 0.1) is 6.04 Å². The zero-order valence-corrected chi connectivity index (χ0v) is 16.0. The van der Waals surface area contributed by atoms with Crippen molar-refractivity contribution in [1.82, 2.24) is 20.8 Å². The minimum Gasteiger partial charge on any atom is -0.354 e. The lowest BCUT2D eigenvalue weighted by Crippen LogP contribution is -2.49. The third-order valence-electron chi connectivity index (χ3n) is 7.00. The maximum absolute atomic E-state index is 12.0. The van der Waals surface area contributed by atoms with E-state index in [1.807, 2.05) is 0 Å². The van der Waals surface area contributed by atoms with Gasteiger partial charge in [-0.15, -0.1) is 12.4 Å². The van der Waals surface area contributed by atoms with Crippen LogP contribution < -0.4 is 10.6 Å². The fraction of sp³-hybridized carbons (Fsp3) is 0.842. The van der Waals surface area contributed by atoms with Crippen molar-refractivity contribution < 1.29 is 9.32 Å². The van der Waals surface area contributed by atoms with Gasteiger partial charge in [-0.25, -0.2) is 0 Å².